The minimum absolute atomic E-state index is 0.0417. The van der Waals surface area contributed by atoms with Crippen molar-refractivity contribution in [1.82, 2.24) is 15.1 Å². The molecule has 1 aromatic carbocycles. The molecule has 1 N–H and O–H groups in total. The van der Waals surface area contributed by atoms with Gasteiger partial charge in [-0.25, -0.2) is 0 Å². The van der Waals surface area contributed by atoms with E-state index in [1.54, 1.807) is 23.9 Å². The number of nitrogens with zero attached hydrogens (tertiary/aromatic N) is 2. The van der Waals surface area contributed by atoms with Crippen LogP contribution in [0.3, 0.4) is 0 Å². The molecular weight excluding hydrogens is 266 g/mol. The van der Waals surface area contributed by atoms with E-state index in [2.05, 4.69) is 5.32 Å². The number of nitrogens with one attached hydrogen (secondary N) is 1. The molecule has 2 rings (SSSR count). The van der Waals surface area contributed by atoms with Crippen LogP contribution in [-0.2, 0) is 4.79 Å². The van der Waals surface area contributed by atoms with Gasteiger partial charge in [-0.2, -0.15) is 0 Å². The summed E-state index contributed by atoms with van der Waals surface area (Å²) in [5.41, 5.74) is 2.78. The molecule has 1 atom stereocenters. The fourth-order valence-corrected chi connectivity index (χ4v) is 2.73. The van der Waals surface area contributed by atoms with Gasteiger partial charge in [0, 0.05) is 39.3 Å². The lowest BCUT2D eigenvalue weighted by atomic mass is 10.0. The summed E-state index contributed by atoms with van der Waals surface area (Å²) in [6, 6.07) is 5.38. The molecule has 1 aromatic rings. The van der Waals surface area contributed by atoms with Crippen molar-refractivity contribution in [2.45, 2.75) is 19.9 Å². The molecule has 2 amide bonds. The number of carbonyl (C=O) groups is 2. The van der Waals surface area contributed by atoms with Crippen LogP contribution in [0.15, 0.2) is 18.2 Å². The van der Waals surface area contributed by atoms with Gasteiger partial charge >= 0.3 is 0 Å². The highest BCUT2D eigenvalue weighted by atomic mass is 16.2. The molecule has 1 saturated heterocycles. The number of hydrogen-bond acceptors (Lipinski definition) is 3. The Labute approximate surface area is 125 Å². The van der Waals surface area contributed by atoms with Gasteiger partial charge in [0.05, 0.1) is 0 Å². The minimum atomic E-state index is -0.429. The van der Waals surface area contributed by atoms with Gasteiger partial charge in [-0.15, -0.1) is 0 Å². The maximum absolute atomic E-state index is 12.8. The molecule has 114 valence electrons. The Morgan fingerprint density at radius 3 is 2.38 bits per heavy atom. The summed E-state index contributed by atoms with van der Waals surface area (Å²) in [5.74, 6) is -0.108. The number of benzene rings is 1. The Morgan fingerprint density at radius 1 is 1.19 bits per heavy atom. The molecule has 5 heteroatoms. The van der Waals surface area contributed by atoms with Crippen LogP contribution in [0.2, 0.25) is 0 Å². The van der Waals surface area contributed by atoms with E-state index in [0.717, 1.165) is 11.1 Å². The van der Waals surface area contributed by atoms with Crippen molar-refractivity contribution in [2.75, 3.05) is 33.7 Å². The van der Waals surface area contributed by atoms with E-state index in [1.807, 2.05) is 32.0 Å². The highest BCUT2D eigenvalue weighted by molar-refractivity contribution is 5.98. The normalized spacial score (nSPS) is 18.5. The second-order valence-corrected chi connectivity index (χ2v) is 5.83. The van der Waals surface area contributed by atoms with Crippen LogP contribution in [-0.4, -0.2) is 61.4 Å². The number of piperazine rings is 1. The van der Waals surface area contributed by atoms with Crippen molar-refractivity contribution in [3.63, 3.8) is 0 Å². The lowest BCUT2D eigenvalue weighted by Gasteiger charge is -2.36. The van der Waals surface area contributed by atoms with Crippen molar-refractivity contribution < 1.29 is 9.59 Å². The summed E-state index contributed by atoms with van der Waals surface area (Å²) in [7, 11) is 3.44. The topological polar surface area (TPSA) is 52.7 Å². The molecule has 21 heavy (non-hydrogen) atoms. The first-order chi connectivity index (χ1) is 9.90. The SMILES string of the molecule is Cc1cc(C)cc(C(=O)N2CCNCC2C(=O)N(C)C)c1. The first kappa shape index (κ1) is 15.5. The molecule has 1 heterocycles. The largest absolute Gasteiger partial charge is 0.347 e. The Morgan fingerprint density at radius 2 is 1.81 bits per heavy atom. The lowest BCUT2D eigenvalue weighted by Crippen LogP contribution is -2.59. The van der Waals surface area contributed by atoms with E-state index in [-0.39, 0.29) is 11.8 Å². The Balaban J connectivity index is 2.28. The number of likely N-dealkylation sites (N-methyl/N-ethyl adjacent to an activating group) is 1. The summed E-state index contributed by atoms with van der Waals surface area (Å²) in [6.07, 6.45) is 0. The zero-order valence-corrected chi connectivity index (χ0v) is 13.1. The Kier molecular flexibility index (Phi) is 4.63. The van der Waals surface area contributed by atoms with Crippen LogP contribution in [0, 0.1) is 13.8 Å². The summed E-state index contributed by atoms with van der Waals surface area (Å²) >= 11 is 0. The van der Waals surface area contributed by atoms with Crippen LogP contribution < -0.4 is 5.32 Å². The van der Waals surface area contributed by atoms with E-state index in [1.165, 1.54) is 0 Å². The molecule has 1 unspecified atom stereocenters. The zero-order valence-electron chi connectivity index (χ0n) is 13.1. The molecule has 0 aliphatic carbocycles. The molecular formula is C16H23N3O2. The Hall–Kier alpha value is -1.88. The number of carbonyl (C=O) groups excluding carboxylic acids is 2. The molecule has 1 fully saturated rings. The van der Waals surface area contributed by atoms with E-state index in [4.69, 9.17) is 0 Å². The van der Waals surface area contributed by atoms with Gasteiger partial charge in [0.15, 0.2) is 0 Å². The molecule has 0 saturated carbocycles. The van der Waals surface area contributed by atoms with Crippen LogP contribution in [0.4, 0.5) is 0 Å². The third-order valence-electron chi connectivity index (χ3n) is 3.70. The van der Waals surface area contributed by atoms with Gasteiger partial charge in [-0.1, -0.05) is 17.2 Å². The maximum Gasteiger partial charge on any atom is 0.254 e. The highest BCUT2D eigenvalue weighted by Gasteiger charge is 2.33. The molecule has 1 aliphatic rings. The first-order valence-electron chi connectivity index (χ1n) is 7.21. The summed E-state index contributed by atoms with van der Waals surface area (Å²) in [6.45, 7) is 5.73. The molecule has 5 nitrogen and oxygen atoms in total. The van der Waals surface area contributed by atoms with E-state index in [9.17, 15) is 9.59 Å². The highest BCUT2D eigenvalue weighted by Crippen LogP contribution is 2.15. The fourth-order valence-electron chi connectivity index (χ4n) is 2.73. The third-order valence-corrected chi connectivity index (χ3v) is 3.70. The lowest BCUT2D eigenvalue weighted by molar-refractivity contribution is -0.134. The summed E-state index contributed by atoms with van der Waals surface area (Å²) in [5, 5.41) is 3.19. The third kappa shape index (κ3) is 3.42. The summed E-state index contributed by atoms with van der Waals surface area (Å²) < 4.78 is 0. The quantitative estimate of drug-likeness (QED) is 0.876. The van der Waals surface area contributed by atoms with Crippen LogP contribution in [0.25, 0.3) is 0 Å². The second kappa shape index (κ2) is 6.26. The van der Waals surface area contributed by atoms with Crippen molar-refractivity contribution in [2.24, 2.45) is 0 Å². The second-order valence-electron chi connectivity index (χ2n) is 5.83. The average Bonchev–Trinajstić information content (AvgIpc) is 2.44. The van der Waals surface area contributed by atoms with Crippen molar-refractivity contribution in [3.05, 3.63) is 34.9 Å². The van der Waals surface area contributed by atoms with Crippen LogP contribution in [0.5, 0.6) is 0 Å². The van der Waals surface area contributed by atoms with Crippen molar-refractivity contribution in [1.29, 1.82) is 0 Å². The number of aryl methyl sites for hydroxylation is 2. The predicted molar refractivity (Wildman–Crippen MR) is 82.3 cm³/mol. The standard InChI is InChI=1S/C16H23N3O2/c1-11-7-12(2)9-13(8-11)15(20)19-6-5-17-10-14(19)16(21)18(3)4/h7-9,14,17H,5-6,10H2,1-4H3. The monoisotopic (exact) mass is 289 g/mol. The van der Waals surface area contributed by atoms with Crippen molar-refractivity contribution in [3.8, 4) is 0 Å². The van der Waals surface area contributed by atoms with E-state index in [0.29, 0.717) is 25.2 Å². The minimum Gasteiger partial charge on any atom is -0.347 e. The van der Waals surface area contributed by atoms with Gasteiger partial charge in [0.1, 0.15) is 6.04 Å². The van der Waals surface area contributed by atoms with Gasteiger partial charge in [0.25, 0.3) is 5.91 Å². The van der Waals surface area contributed by atoms with Crippen molar-refractivity contribution >= 4 is 11.8 Å². The molecule has 0 aromatic heterocycles. The van der Waals surface area contributed by atoms with E-state index < -0.39 is 6.04 Å². The van der Waals surface area contributed by atoms with Crippen LogP contribution >= 0.6 is 0 Å². The number of rotatable bonds is 2. The van der Waals surface area contributed by atoms with E-state index >= 15 is 0 Å². The van der Waals surface area contributed by atoms with Gasteiger partial charge < -0.3 is 15.1 Å². The fraction of sp³-hybridized carbons (Fsp3) is 0.500. The van der Waals surface area contributed by atoms with Gasteiger partial charge in [-0.3, -0.25) is 9.59 Å². The molecule has 0 spiro atoms. The Bertz CT molecular complexity index is 534. The summed E-state index contributed by atoms with van der Waals surface area (Å²) in [4.78, 5) is 28.3. The first-order valence-corrected chi connectivity index (χ1v) is 7.21. The zero-order chi connectivity index (χ0) is 15.6. The van der Waals surface area contributed by atoms with Crippen LogP contribution in [0.1, 0.15) is 21.5 Å². The molecule has 0 radical (unpaired) electrons. The van der Waals surface area contributed by atoms with Gasteiger partial charge in [0.2, 0.25) is 5.91 Å². The van der Waals surface area contributed by atoms with Gasteiger partial charge in [-0.05, 0) is 26.0 Å². The number of hydrogen-bond donors (Lipinski definition) is 1. The predicted octanol–water partition coefficient (Wildman–Crippen LogP) is 0.806. The smallest absolute Gasteiger partial charge is 0.254 e. The molecule has 1 aliphatic heterocycles. The number of amides is 2. The average molecular weight is 289 g/mol. The molecule has 0 bridgehead atoms. The maximum atomic E-state index is 12.8.